The van der Waals surface area contributed by atoms with Gasteiger partial charge in [0.1, 0.15) is 11.2 Å². The molecule has 8 atom stereocenters. The summed E-state index contributed by atoms with van der Waals surface area (Å²) in [7, 11) is 0. The molecule has 0 aliphatic heterocycles. The number of hydrogen-bond donors (Lipinski definition) is 0. The summed E-state index contributed by atoms with van der Waals surface area (Å²) in [6.07, 6.45) is 14.2. The van der Waals surface area contributed by atoms with Crippen molar-refractivity contribution in [2.45, 2.75) is 93.3 Å². The molecule has 82 heavy (non-hydrogen) atoms. The lowest BCUT2D eigenvalue weighted by molar-refractivity contribution is 0.00322. The molecular weight excluding hydrogens is 991 g/mol. The number of rotatable bonds is 6. The lowest BCUT2D eigenvalue weighted by atomic mass is 9.56. The van der Waals surface area contributed by atoms with Gasteiger partial charge in [0.2, 0.25) is 0 Å². The number of anilines is 3. The standard InChI is InChI=1S/C80H63NO/c1-2-10-48(11-3-1)49-20-26-58(27-21-49)81(60-30-24-51(25-31-60)62-15-8-16-64-63-12-5-7-19-76(63)82-78(62)64)59-28-22-50(23-29-59)61-14-9-18-73-77(61)65-13-4-6-17-72(65)80(73)74-42-68-53-35-46-32-47(36-53)34-52(33-46)66(68)40-70(74)71-41-67-54-37-56-39-57-38-55(45-79(56,57)44-54)69(67)43-75(71)80/h1-31,40-43,46-47,52-57H,32-39,44-45H2. The molecule has 11 aromatic rings. The molecule has 0 saturated heterocycles. The van der Waals surface area contributed by atoms with E-state index in [1.165, 1.54) is 109 Å². The molecular formula is C80H63NO. The van der Waals surface area contributed by atoms with Crippen LogP contribution in [0.1, 0.15) is 132 Å². The topological polar surface area (TPSA) is 16.4 Å². The fraction of sp³-hybridized carbons (Fsp3) is 0.250. The summed E-state index contributed by atoms with van der Waals surface area (Å²) in [5.41, 5.74) is 31.6. The van der Waals surface area contributed by atoms with Gasteiger partial charge in [-0.1, -0.05) is 170 Å². The van der Waals surface area contributed by atoms with Gasteiger partial charge >= 0.3 is 0 Å². The molecule has 21 rings (SSSR count). The molecule has 394 valence electrons. The minimum absolute atomic E-state index is 0.380. The average Bonchev–Trinajstić information content (AvgIpc) is 2.54. The number of benzene rings is 10. The van der Waals surface area contributed by atoms with Crippen LogP contribution in [-0.2, 0) is 5.41 Å². The van der Waals surface area contributed by atoms with Crippen LogP contribution >= 0.6 is 0 Å². The largest absolute Gasteiger partial charge is 0.455 e. The van der Waals surface area contributed by atoms with E-state index in [0.717, 1.165) is 79.7 Å². The number of fused-ring (bicyclic) bond motifs is 18. The molecule has 10 aromatic carbocycles. The quantitative estimate of drug-likeness (QED) is 0.165. The van der Waals surface area contributed by atoms with Gasteiger partial charge in [-0.2, -0.15) is 0 Å². The predicted octanol–water partition coefficient (Wildman–Crippen LogP) is 21.2. The maximum absolute atomic E-state index is 6.53. The Morgan fingerprint density at radius 1 is 0.341 bits per heavy atom. The second-order valence-electron chi connectivity index (χ2n) is 27.1. The van der Waals surface area contributed by atoms with Gasteiger partial charge in [0.25, 0.3) is 0 Å². The second-order valence-corrected chi connectivity index (χ2v) is 27.1. The first-order valence-corrected chi connectivity index (χ1v) is 31.2. The van der Waals surface area contributed by atoms with Crippen molar-refractivity contribution in [1.29, 1.82) is 0 Å². The first-order valence-electron chi connectivity index (χ1n) is 31.2. The van der Waals surface area contributed by atoms with E-state index in [2.05, 4.69) is 217 Å². The fourth-order valence-electron chi connectivity index (χ4n) is 20.5. The molecule has 0 radical (unpaired) electrons. The van der Waals surface area contributed by atoms with Gasteiger partial charge in [-0.25, -0.2) is 0 Å². The fourth-order valence-corrected chi connectivity index (χ4v) is 20.5. The van der Waals surface area contributed by atoms with Gasteiger partial charge in [-0.3, -0.25) is 0 Å². The maximum atomic E-state index is 6.53. The summed E-state index contributed by atoms with van der Waals surface area (Å²) < 4.78 is 6.53. The van der Waals surface area contributed by atoms with Crippen molar-refractivity contribution in [3.05, 3.63) is 257 Å². The number of nitrogens with zero attached hydrogens (tertiary/aromatic N) is 1. The molecule has 5 fully saturated rings. The Bertz CT molecular complexity index is 4510. The van der Waals surface area contributed by atoms with E-state index in [1.807, 2.05) is 0 Å². The van der Waals surface area contributed by atoms with E-state index < -0.39 is 0 Å². The molecule has 7 bridgehead atoms. The maximum Gasteiger partial charge on any atom is 0.143 e. The van der Waals surface area contributed by atoms with Gasteiger partial charge in [-0.15, -0.1) is 0 Å². The zero-order valence-corrected chi connectivity index (χ0v) is 46.3. The van der Waals surface area contributed by atoms with Gasteiger partial charge < -0.3 is 9.32 Å². The molecule has 2 nitrogen and oxygen atoms in total. The van der Waals surface area contributed by atoms with Crippen molar-refractivity contribution >= 4 is 39.0 Å². The van der Waals surface area contributed by atoms with Crippen LogP contribution in [0.15, 0.2) is 217 Å². The molecule has 1 aromatic heterocycles. The van der Waals surface area contributed by atoms with Gasteiger partial charge in [-0.05, 0) is 254 Å². The third kappa shape index (κ3) is 5.96. The minimum Gasteiger partial charge on any atom is -0.455 e. The first kappa shape index (κ1) is 45.4. The Labute approximate surface area is 480 Å². The van der Waals surface area contributed by atoms with Crippen molar-refractivity contribution in [3.63, 3.8) is 0 Å². The lowest BCUT2D eigenvalue weighted by Gasteiger charge is -2.48. The SMILES string of the molecule is c1ccc(-c2ccc(N(c3ccc(-c4cccc5c4-c4ccccc4C54c5cc6c(cc5-c5cc7c(cc54)C4CC5CC8CC7CC85C4)C4CC5CC(C4)CC6C5)cc3)c3ccc(-c4cccc5c4oc4ccccc45)cc3)cc2)cc1. The normalized spacial score (nSPS) is 27.4. The lowest BCUT2D eigenvalue weighted by Crippen LogP contribution is -2.41. The highest BCUT2D eigenvalue weighted by Gasteiger charge is 2.66. The van der Waals surface area contributed by atoms with Crippen LogP contribution in [0.3, 0.4) is 0 Å². The highest BCUT2D eigenvalue weighted by atomic mass is 16.3. The molecule has 0 N–H and O–H groups in total. The second kappa shape index (κ2) is 16.3. The molecule has 10 aliphatic carbocycles. The van der Waals surface area contributed by atoms with Crippen molar-refractivity contribution < 1.29 is 4.42 Å². The van der Waals surface area contributed by atoms with Crippen LogP contribution in [0.5, 0.6) is 0 Å². The van der Waals surface area contributed by atoms with E-state index in [0.29, 0.717) is 23.2 Å². The molecule has 8 unspecified atom stereocenters. The van der Waals surface area contributed by atoms with Crippen molar-refractivity contribution in [2.75, 3.05) is 4.90 Å². The van der Waals surface area contributed by atoms with E-state index in [4.69, 9.17) is 4.42 Å². The van der Waals surface area contributed by atoms with Gasteiger partial charge in [0.05, 0.1) is 5.41 Å². The number of hydrogen-bond acceptors (Lipinski definition) is 2. The Hall–Kier alpha value is -8.20. The van der Waals surface area contributed by atoms with E-state index in [-0.39, 0.29) is 5.41 Å². The molecule has 2 spiro atoms. The Morgan fingerprint density at radius 2 is 0.841 bits per heavy atom. The van der Waals surface area contributed by atoms with Crippen LogP contribution in [0.25, 0.3) is 77.6 Å². The highest BCUT2D eigenvalue weighted by Crippen LogP contribution is 2.77. The molecule has 10 aliphatic rings. The van der Waals surface area contributed by atoms with E-state index in [1.54, 1.807) is 44.5 Å². The Kier molecular flexibility index (Phi) is 9.02. The molecule has 5 saturated carbocycles. The zero-order chi connectivity index (χ0) is 53.2. The van der Waals surface area contributed by atoms with Crippen molar-refractivity contribution in [2.24, 2.45) is 29.1 Å². The van der Waals surface area contributed by atoms with Gasteiger partial charge in [0.15, 0.2) is 0 Å². The van der Waals surface area contributed by atoms with E-state index >= 15 is 0 Å². The van der Waals surface area contributed by atoms with Gasteiger partial charge in [0, 0.05) is 33.4 Å². The predicted molar refractivity (Wildman–Crippen MR) is 335 cm³/mol. The van der Waals surface area contributed by atoms with Crippen LogP contribution in [-0.4, -0.2) is 0 Å². The number of para-hydroxylation sites is 2. The molecule has 2 heteroatoms. The average molecular weight is 1050 g/mol. The first-order chi connectivity index (χ1) is 40.5. The molecule has 0 amide bonds. The van der Waals surface area contributed by atoms with Crippen LogP contribution in [0, 0.1) is 29.1 Å². The minimum atomic E-state index is -0.380. The summed E-state index contributed by atoms with van der Waals surface area (Å²) in [5, 5.41) is 2.30. The molecule has 1 heterocycles. The zero-order valence-electron chi connectivity index (χ0n) is 46.3. The third-order valence-corrected chi connectivity index (χ3v) is 23.6. The van der Waals surface area contributed by atoms with Crippen LogP contribution in [0.4, 0.5) is 17.1 Å². The monoisotopic (exact) mass is 1050 g/mol. The Morgan fingerprint density at radius 3 is 1.52 bits per heavy atom. The smallest absolute Gasteiger partial charge is 0.143 e. The summed E-state index contributed by atoms with van der Waals surface area (Å²) in [6.45, 7) is 0. The Balaban J connectivity index is 0.742. The van der Waals surface area contributed by atoms with Crippen LogP contribution < -0.4 is 4.90 Å². The van der Waals surface area contributed by atoms with Crippen LogP contribution in [0.2, 0.25) is 0 Å². The third-order valence-electron chi connectivity index (χ3n) is 23.6. The summed E-state index contributed by atoms with van der Waals surface area (Å²) in [4.78, 5) is 2.42. The van der Waals surface area contributed by atoms with E-state index in [9.17, 15) is 0 Å². The van der Waals surface area contributed by atoms with Crippen molar-refractivity contribution in [1.82, 2.24) is 0 Å². The summed E-state index contributed by atoms with van der Waals surface area (Å²) in [5.74, 6) is 6.51. The highest BCUT2D eigenvalue weighted by molar-refractivity contribution is 6.09. The van der Waals surface area contributed by atoms with Crippen molar-refractivity contribution in [3.8, 4) is 55.6 Å². The number of furan rings is 1. The summed E-state index contributed by atoms with van der Waals surface area (Å²) >= 11 is 0. The summed E-state index contributed by atoms with van der Waals surface area (Å²) in [6, 6.07) is 81.7.